The molecule has 1 N–H and O–H groups in total. The van der Waals surface area contributed by atoms with Crippen LogP contribution in [0.15, 0.2) is 0 Å². The average Bonchev–Trinajstić information content (AvgIpc) is 2.41. The van der Waals surface area contributed by atoms with Crippen molar-refractivity contribution in [2.45, 2.75) is 71.3 Å². The van der Waals surface area contributed by atoms with Crippen LogP contribution in [0.2, 0.25) is 0 Å². The third kappa shape index (κ3) is 3.61. The summed E-state index contributed by atoms with van der Waals surface area (Å²) in [6.45, 7) is 8.25. The molecular weight excluding hydrogens is 170 g/mol. The maximum Gasteiger partial charge on any atom is 0.0179 e. The lowest BCUT2D eigenvalue weighted by Gasteiger charge is -2.33. The van der Waals surface area contributed by atoms with Gasteiger partial charge in [-0.1, -0.05) is 33.6 Å². The molecule has 0 aromatic heterocycles. The van der Waals surface area contributed by atoms with E-state index in [1.165, 1.54) is 51.5 Å². The Kier molecular flexibility index (Phi) is 4.94. The molecule has 14 heavy (non-hydrogen) atoms. The summed E-state index contributed by atoms with van der Waals surface area (Å²) in [6, 6.07) is 0. The molecular formula is C13H27N. The molecule has 1 atom stereocenters. The van der Waals surface area contributed by atoms with Gasteiger partial charge in [0.1, 0.15) is 0 Å². The first-order valence-corrected chi connectivity index (χ1v) is 6.43. The van der Waals surface area contributed by atoms with Crippen LogP contribution < -0.4 is 5.32 Å². The fraction of sp³-hybridized carbons (Fsp3) is 1.00. The van der Waals surface area contributed by atoms with Crippen molar-refractivity contribution in [2.75, 3.05) is 6.54 Å². The van der Waals surface area contributed by atoms with Crippen molar-refractivity contribution < 1.29 is 0 Å². The maximum absolute atomic E-state index is 3.80. The van der Waals surface area contributed by atoms with E-state index in [-0.39, 0.29) is 0 Å². The van der Waals surface area contributed by atoms with Gasteiger partial charge in [0.2, 0.25) is 0 Å². The first kappa shape index (κ1) is 12.0. The molecule has 0 aromatic carbocycles. The van der Waals surface area contributed by atoms with Gasteiger partial charge in [-0.15, -0.1) is 0 Å². The van der Waals surface area contributed by atoms with E-state index in [4.69, 9.17) is 0 Å². The zero-order valence-electron chi connectivity index (χ0n) is 10.2. The van der Waals surface area contributed by atoms with Crippen molar-refractivity contribution in [1.82, 2.24) is 5.32 Å². The van der Waals surface area contributed by atoms with Gasteiger partial charge >= 0.3 is 0 Å². The summed E-state index contributed by atoms with van der Waals surface area (Å²) in [6.07, 6.45) is 9.69. The van der Waals surface area contributed by atoms with Crippen molar-refractivity contribution in [3.05, 3.63) is 0 Å². The molecule has 0 spiro atoms. The van der Waals surface area contributed by atoms with Gasteiger partial charge in [-0.25, -0.2) is 0 Å². The van der Waals surface area contributed by atoms with Gasteiger partial charge in [-0.3, -0.25) is 0 Å². The monoisotopic (exact) mass is 197 g/mol. The van der Waals surface area contributed by atoms with Crippen LogP contribution in [0.1, 0.15) is 65.7 Å². The Morgan fingerprint density at radius 1 is 1.21 bits per heavy atom. The van der Waals surface area contributed by atoms with Crippen molar-refractivity contribution in [2.24, 2.45) is 5.92 Å². The molecule has 1 heterocycles. The fourth-order valence-electron chi connectivity index (χ4n) is 2.46. The number of nitrogens with one attached hydrogen (secondary N) is 1. The highest BCUT2D eigenvalue weighted by Crippen LogP contribution is 2.28. The third-order valence-electron chi connectivity index (χ3n) is 3.71. The normalized spacial score (nSPS) is 29.1. The zero-order chi connectivity index (χ0) is 10.4. The van der Waals surface area contributed by atoms with Crippen LogP contribution in [0, 0.1) is 5.92 Å². The lowest BCUT2D eigenvalue weighted by atomic mass is 9.84. The van der Waals surface area contributed by atoms with Crippen LogP contribution in [0.5, 0.6) is 0 Å². The standard InChI is InChI=1S/C13H27N/c1-4-13(10-8-12(2)3)9-6-5-7-11-14-13/h12,14H,4-11H2,1-3H3. The van der Waals surface area contributed by atoms with E-state index in [1.54, 1.807) is 0 Å². The second-order valence-corrected chi connectivity index (χ2v) is 5.30. The van der Waals surface area contributed by atoms with Gasteiger partial charge < -0.3 is 5.32 Å². The smallest absolute Gasteiger partial charge is 0.0179 e. The average molecular weight is 197 g/mol. The predicted octanol–water partition coefficient (Wildman–Crippen LogP) is 3.74. The second kappa shape index (κ2) is 5.75. The summed E-state index contributed by atoms with van der Waals surface area (Å²) in [5.74, 6) is 0.850. The van der Waals surface area contributed by atoms with Gasteiger partial charge in [-0.05, 0) is 44.6 Å². The highest BCUT2D eigenvalue weighted by atomic mass is 15.0. The number of rotatable bonds is 4. The summed E-state index contributed by atoms with van der Waals surface area (Å²) in [4.78, 5) is 0. The minimum Gasteiger partial charge on any atom is -0.311 e. The van der Waals surface area contributed by atoms with Gasteiger partial charge in [0, 0.05) is 5.54 Å². The molecule has 0 saturated carbocycles. The van der Waals surface area contributed by atoms with Gasteiger partial charge in [0.25, 0.3) is 0 Å². The van der Waals surface area contributed by atoms with Crippen LogP contribution in [-0.4, -0.2) is 12.1 Å². The van der Waals surface area contributed by atoms with Gasteiger partial charge in [0.05, 0.1) is 0 Å². The molecule has 1 aliphatic rings. The van der Waals surface area contributed by atoms with E-state index in [2.05, 4.69) is 26.1 Å². The van der Waals surface area contributed by atoms with E-state index in [1.807, 2.05) is 0 Å². The second-order valence-electron chi connectivity index (χ2n) is 5.30. The Morgan fingerprint density at radius 3 is 2.64 bits per heavy atom. The van der Waals surface area contributed by atoms with Gasteiger partial charge in [-0.2, -0.15) is 0 Å². The van der Waals surface area contributed by atoms with Crippen LogP contribution in [0.4, 0.5) is 0 Å². The number of hydrogen-bond donors (Lipinski definition) is 1. The van der Waals surface area contributed by atoms with E-state index in [0.717, 1.165) is 5.92 Å². The Labute approximate surface area is 89.7 Å². The van der Waals surface area contributed by atoms with E-state index in [9.17, 15) is 0 Å². The highest BCUT2D eigenvalue weighted by molar-refractivity contribution is 4.88. The molecule has 1 nitrogen and oxygen atoms in total. The quantitative estimate of drug-likeness (QED) is 0.724. The molecule has 1 aliphatic heterocycles. The minimum atomic E-state index is 0.487. The molecule has 1 fully saturated rings. The number of hydrogen-bond acceptors (Lipinski definition) is 1. The maximum atomic E-state index is 3.80. The largest absolute Gasteiger partial charge is 0.311 e. The third-order valence-corrected chi connectivity index (χ3v) is 3.71. The molecule has 0 radical (unpaired) electrons. The lowest BCUT2D eigenvalue weighted by molar-refractivity contribution is 0.263. The molecule has 0 amide bonds. The molecule has 0 aliphatic carbocycles. The molecule has 1 rings (SSSR count). The first-order chi connectivity index (χ1) is 6.68. The van der Waals surface area contributed by atoms with Crippen LogP contribution in [0.25, 0.3) is 0 Å². The molecule has 1 saturated heterocycles. The van der Waals surface area contributed by atoms with Crippen molar-refractivity contribution in [3.63, 3.8) is 0 Å². The predicted molar refractivity (Wildman–Crippen MR) is 63.6 cm³/mol. The summed E-state index contributed by atoms with van der Waals surface area (Å²) in [5.41, 5.74) is 0.487. The summed E-state index contributed by atoms with van der Waals surface area (Å²) in [5, 5.41) is 3.80. The van der Waals surface area contributed by atoms with E-state index < -0.39 is 0 Å². The van der Waals surface area contributed by atoms with Crippen LogP contribution in [-0.2, 0) is 0 Å². The minimum absolute atomic E-state index is 0.487. The Bertz CT molecular complexity index is 143. The molecule has 1 heteroatoms. The lowest BCUT2D eigenvalue weighted by Crippen LogP contribution is -2.44. The Hall–Kier alpha value is -0.0400. The molecule has 84 valence electrons. The SMILES string of the molecule is CCC1(CCC(C)C)CCCCCN1. The van der Waals surface area contributed by atoms with E-state index >= 15 is 0 Å². The summed E-state index contributed by atoms with van der Waals surface area (Å²) < 4.78 is 0. The van der Waals surface area contributed by atoms with Crippen LogP contribution in [0.3, 0.4) is 0 Å². The first-order valence-electron chi connectivity index (χ1n) is 6.43. The van der Waals surface area contributed by atoms with E-state index in [0.29, 0.717) is 5.54 Å². The van der Waals surface area contributed by atoms with Crippen molar-refractivity contribution in [3.8, 4) is 0 Å². The highest BCUT2D eigenvalue weighted by Gasteiger charge is 2.27. The van der Waals surface area contributed by atoms with Crippen molar-refractivity contribution >= 4 is 0 Å². The Balaban J connectivity index is 2.45. The molecule has 0 bridgehead atoms. The van der Waals surface area contributed by atoms with Crippen LogP contribution >= 0.6 is 0 Å². The Morgan fingerprint density at radius 2 is 2.00 bits per heavy atom. The fourth-order valence-corrected chi connectivity index (χ4v) is 2.46. The zero-order valence-corrected chi connectivity index (χ0v) is 10.2. The van der Waals surface area contributed by atoms with Crippen molar-refractivity contribution in [1.29, 1.82) is 0 Å². The molecule has 0 aromatic rings. The summed E-state index contributed by atoms with van der Waals surface area (Å²) >= 11 is 0. The summed E-state index contributed by atoms with van der Waals surface area (Å²) in [7, 11) is 0. The topological polar surface area (TPSA) is 12.0 Å². The molecule has 1 unspecified atom stereocenters. The van der Waals surface area contributed by atoms with Gasteiger partial charge in [0.15, 0.2) is 0 Å².